The molecular formula is C5H11NO3. The van der Waals surface area contributed by atoms with Crippen molar-refractivity contribution in [2.75, 3.05) is 19.8 Å². The Morgan fingerprint density at radius 2 is 1.89 bits per heavy atom. The van der Waals surface area contributed by atoms with E-state index in [1.807, 2.05) is 0 Å². The molecule has 0 aromatic heterocycles. The average molecular weight is 133 g/mol. The van der Waals surface area contributed by atoms with E-state index in [9.17, 15) is 4.91 Å². The Kier molecular flexibility index (Phi) is 3.34. The molecule has 54 valence electrons. The molecule has 0 unspecified atom stereocenters. The van der Waals surface area contributed by atoms with Gasteiger partial charge in [-0.15, -0.1) is 0 Å². The minimum atomic E-state index is -0.734. The van der Waals surface area contributed by atoms with Crippen molar-refractivity contribution in [2.45, 2.75) is 6.92 Å². The lowest BCUT2D eigenvalue weighted by Gasteiger charge is -2.19. The van der Waals surface area contributed by atoms with Crippen LogP contribution in [-0.4, -0.2) is 30.0 Å². The van der Waals surface area contributed by atoms with Crippen LogP contribution in [0.2, 0.25) is 0 Å². The van der Waals surface area contributed by atoms with Crippen molar-refractivity contribution in [1.82, 2.24) is 0 Å². The lowest BCUT2D eigenvalue weighted by molar-refractivity contribution is 0.0774. The van der Waals surface area contributed by atoms with Gasteiger partial charge in [-0.1, -0.05) is 12.1 Å². The fourth-order valence-corrected chi connectivity index (χ4v) is 0.306. The number of aliphatic hydroxyl groups excluding tert-OH is 2. The molecule has 0 aliphatic heterocycles. The van der Waals surface area contributed by atoms with Gasteiger partial charge in [0.05, 0.1) is 19.8 Å². The van der Waals surface area contributed by atoms with Gasteiger partial charge in [0.1, 0.15) is 0 Å². The molecule has 0 rings (SSSR count). The normalized spacial score (nSPS) is 11.4. The summed E-state index contributed by atoms with van der Waals surface area (Å²) in [6, 6.07) is 0. The van der Waals surface area contributed by atoms with Crippen LogP contribution in [0.15, 0.2) is 5.18 Å². The monoisotopic (exact) mass is 133 g/mol. The van der Waals surface area contributed by atoms with Crippen LogP contribution in [0.1, 0.15) is 6.92 Å². The molecule has 0 atom stereocenters. The Hall–Kier alpha value is -0.480. The van der Waals surface area contributed by atoms with Crippen molar-refractivity contribution < 1.29 is 10.2 Å². The van der Waals surface area contributed by atoms with Crippen LogP contribution in [0.3, 0.4) is 0 Å². The van der Waals surface area contributed by atoms with Gasteiger partial charge in [-0.05, 0) is 0 Å². The highest BCUT2D eigenvalue weighted by molar-refractivity contribution is 4.73. The summed E-state index contributed by atoms with van der Waals surface area (Å²) in [4.78, 5) is 9.67. The molecule has 0 bridgehead atoms. The maximum atomic E-state index is 9.67. The Morgan fingerprint density at radius 3 is 2.00 bits per heavy atom. The van der Waals surface area contributed by atoms with E-state index in [1.165, 1.54) is 0 Å². The standard InChI is InChI=1S/C5H11NO3/c1-5(3-7,4-8)2-6-9/h7-8H,2-4H2,1H3. The summed E-state index contributed by atoms with van der Waals surface area (Å²) in [6.07, 6.45) is 0. The van der Waals surface area contributed by atoms with E-state index in [4.69, 9.17) is 10.2 Å². The highest BCUT2D eigenvalue weighted by Gasteiger charge is 2.22. The first kappa shape index (κ1) is 8.52. The molecule has 0 saturated carbocycles. The molecule has 0 aromatic rings. The SMILES string of the molecule is CC(CO)(CO)CN=O. The minimum absolute atomic E-state index is 0.0417. The predicted octanol–water partition coefficient (Wildman–Crippen LogP) is -0.256. The minimum Gasteiger partial charge on any atom is -0.396 e. The zero-order chi connectivity index (χ0) is 7.33. The second-order valence-electron chi connectivity index (χ2n) is 2.41. The van der Waals surface area contributed by atoms with Gasteiger partial charge in [0.25, 0.3) is 0 Å². The van der Waals surface area contributed by atoms with E-state index >= 15 is 0 Å². The van der Waals surface area contributed by atoms with Gasteiger partial charge < -0.3 is 10.2 Å². The van der Waals surface area contributed by atoms with E-state index in [-0.39, 0.29) is 19.8 Å². The zero-order valence-electron chi connectivity index (χ0n) is 5.37. The van der Waals surface area contributed by atoms with Gasteiger partial charge in [0.15, 0.2) is 0 Å². The fraction of sp³-hybridized carbons (Fsp3) is 1.00. The summed E-state index contributed by atoms with van der Waals surface area (Å²) in [7, 11) is 0. The topological polar surface area (TPSA) is 69.9 Å². The van der Waals surface area contributed by atoms with Gasteiger partial charge in [-0.2, -0.15) is 4.91 Å². The predicted molar refractivity (Wildman–Crippen MR) is 32.9 cm³/mol. The highest BCUT2D eigenvalue weighted by atomic mass is 16.3. The first-order valence-electron chi connectivity index (χ1n) is 2.69. The fourth-order valence-electron chi connectivity index (χ4n) is 0.306. The second kappa shape index (κ2) is 3.53. The molecule has 0 heterocycles. The van der Waals surface area contributed by atoms with E-state index in [0.717, 1.165) is 0 Å². The summed E-state index contributed by atoms with van der Waals surface area (Å²) in [5.41, 5.74) is -0.734. The van der Waals surface area contributed by atoms with Crippen LogP contribution >= 0.6 is 0 Å². The van der Waals surface area contributed by atoms with E-state index in [1.54, 1.807) is 6.92 Å². The van der Waals surface area contributed by atoms with Crippen LogP contribution in [-0.2, 0) is 0 Å². The van der Waals surface area contributed by atoms with Crippen LogP contribution in [0, 0.1) is 10.3 Å². The largest absolute Gasteiger partial charge is 0.396 e. The summed E-state index contributed by atoms with van der Waals surface area (Å²) < 4.78 is 0. The molecule has 0 amide bonds. The summed E-state index contributed by atoms with van der Waals surface area (Å²) in [5.74, 6) is 0. The third-order valence-corrected chi connectivity index (χ3v) is 1.21. The van der Waals surface area contributed by atoms with Crippen molar-refractivity contribution in [1.29, 1.82) is 0 Å². The van der Waals surface area contributed by atoms with Gasteiger partial charge in [-0.25, -0.2) is 0 Å². The number of nitrogens with zero attached hydrogens (tertiary/aromatic N) is 1. The average Bonchev–Trinajstić information content (AvgIpc) is 1.89. The van der Waals surface area contributed by atoms with Crippen LogP contribution in [0.5, 0.6) is 0 Å². The third kappa shape index (κ3) is 2.53. The Morgan fingerprint density at radius 1 is 1.44 bits per heavy atom. The lowest BCUT2D eigenvalue weighted by Crippen LogP contribution is -2.28. The van der Waals surface area contributed by atoms with Crippen LogP contribution < -0.4 is 0 Å². The Balaban J connectivity index is 3.75. The summed E-state index contributed by atoms with van der Waals surface area (Å²) in [6.45, 7) is 1.12. The number of rotatable bonds is 4. The van der Waals surface area contributed by atoms with Crippen LogP contribution in [0.4, 0.5) is 0 Å². The molecule has 0 aliphatic rings. The highest BCUT2D eigenvalue weighted by Crippen LogP contribution is 2.13. The molecule has 4 heteroatoms. The Bertz CT molecular complexity index is 90.2. The zero-order valence-corrected chi connectivity index (χ0v) is 5.37. The maximum absolute atomic E-state index is 9.67. The molecule has 0 aromatic carbocycles. The number of aliphatic hydroxyl groups is 2. The molecule has 9 heavy (non-hydrogen) atoms. The third-order valence-electron chi connectivity index (χ3n) is 1.21. The van der Waals surface area contributed by atoms with E-state index in [0.29, 0.717) is 0 Å². The quantitative estimate of drug-likeness (QED) is 0.519. The molecule has 0 radical (unpaired) electrons. The van der Waals surface area contributed by atoms with Crippen molar-refractivity contribution in [2.24, 2.45) is 10.6 Å². The molecular weight excluding hydrogens is 122 g/mol. The van der Waals surface area contributed by atoms with Crippen molar-refractivity contribution in [3.63, 3.8) is 0 Å². The van der Waals surface area contributed by atoms with E-state index in [2.05, 4.69) is 5.18 Å². The van der Waals surface area contributed by atoms with Crippen LogP contribution in [0.25, 0.3) is 0 Å². The molecule has 0 fully saturated rings. The maximum Gasteiger partial charge on any atom is 0.0908 e. The first-order chi connectivity index (χ1) is 4.18. The molecule has 0 spiro atoms. The van der Waals surface area contributed by atoms with Gasteiger partial charge in [0, 0.05) is 5.41 Å². The number of hydrogen-bond donors (Lipinski definition) is 2. The van der Waals surface area contributed by atoms with E-state index < -0.39 is 5.41 Å². The van der Waals surface area contributed by atoms with Gasteiger partial charge in [0.2, 0.25) is 0 Å². The van der Waals surface area contributed by atoms with Gasteiger partial charge in [-0.3, -0.25) is 0 Å². The van der Waals surface area contributed by atoms with Crippen molar-refractivity contribution in [3.05, 3.63) is 4.91 Å². The Labute approximate surface area is 53.5 Å². The smallest absolute Gasteiger partial charge is 0.0908 e. The van der Waals surface area contributed by atoms with Crippen molar-refractivity contribution >= 4 is 0 Å². The van der Waals surface area contributed by atoms with Crippen molar-refractivity contribution in [3.8, 4) is 0 Å². The summed E-state index contributed by atoms with van der Waals surface area (Å²) >= 11 is 0. The molecule has 2 N–H and O–H groups in total. The first-order valence-corrected chi connectivity index (χ1v) is 2.69. The molecule has 0 saturated heterocycles. The number of nitroso groups, excluding NO2 is 1. The number of hydrogen-bond acceptors (Lipinski definition) is 4. The lowest BCUT2D eigenvalue weighted by atomic mass is 9.94. The molecule has 0 aliphatic carbocycles. The second-order valence-corrected chi connectivity index (χ2v) is 2.41. The summed E-state index contributed by atoms with van der Waals surface area (Å²) in [5, 5.41) is 19.7. The van der Waals surface area contributed by atoms with Gasteiger partial charge >= 0.3 is 0 Å². The molecule has 4 nitrogen and oxygen atoms in total.